The Morgan fingerprint density at radius 2 is 1.69 bits per heavy atom. The van der Waals surface area contributed by atoms with Crippen LogP contribution in [0.5, 0.6) is 17.2 Å². The molecular weight excluding hydrogens is 412 g/mol. The van der Waals surface area contributed by atoms with Crippen molar-refractivity contribution in [1.82, 2.24) is 0 Å². The van der Waals surface area contributed by atoms with Gasteiger partial charge in [-0.1, -0.05) is 20.8 Å². The second kappa shape index (κ2) is 6.59. The van der Waals surface area contributed by atoms with Crippen LogP contribution in [0, 0.1) is 16.7 Å². The van der Waals surface area contributed by atoms with Crippen molar-refractivity contribution in [3.63, 3.8) is 0 Å². The first kappa shape index (κ1) is 22.4. The van der Waals surface area contributed by atoms with Gasteiger partial charge in [-0.05, 0) is 34.1 Å². The summed E-state index contributed by atoms with van der Waals surface area (Å²) in [6.45, 7) is 12.2. The third-order valence-corrected chi connectivity index (χ3v) is 7.10. The average Bonchev–Trinajstić information content (AvgIpc) is 3.19. The van der Waals surface area contributed by atoms with Crippen LogP contribution in [-0.2, 0) is 14.3 Å². The molecule has 2 heterocycles. The van der Waals surface area contributed by atoms with E-state index in [4.69, 9.17) is 9.47 Å². The summed E-state index contributed by atoms with van der Waals surface area (Å²) in [6.07, 6.45) is 0.761. The molecule has 0 amide bonds. The van der Waals surface area contributed by atoms with E-state index in [1.54, 1.807) is 27.7 Å². The van der Waals surface area contributed by atoms with E-state index in [0.717, 1.165) is 6.07 Å². The minimum absolute atomic E-state index is 0.0160. The standard InChI is InChI=1S/C25H30O7/c1-8-9-12(26)15-13(27)10-14(28)16-18-17-20(29)23(4,5)22(30)24(6,7)21(17)32-25(18,11(2)3)31-19(15)16/h10-11,18,27-28H,8-9H2,1-7H3. The minimum Gasteiger partial charge on any atom is -0.507 e. The van der Waals surface area contributed by atoms with Crippen LogP contribution in [0.3, 0.4) is 0 Å². The Bertz CT molecular complexity index is 1110. The van der Waals surface area contributed by atoms with E-state index in [1.165, 1.54) is 0 Å². The summed E-state index contributed by atoms with van der Waals surface area (Å²) < 4.78 is 12.7. The molecular formula is C25H30O7. The van der Waals surface area contributed by atoms with Crippen LogP contribution in [0.25, 0.3) is 0 Å². The summed E-state index contributed by atoms with van der Waals surface area (Å²) in [4.78, 5) is 39.7. The fourth-order valence-electron chi connectivity index (χ4n) is 5.44. The van der Waals surface area contributed by atoms with Gasteiger partial charge in [0, 0.05) is 18.4 Å². The first-order valence-electron chi connectivity index (χ1n) is 11.1. The van der Waals surface area contributed by atoms with E-state index in [2.05, 4.69) is 0 Å². The van der Waals surface area contributed by atoms with Crippen LogP contribution < -0.4 is 4.74 Å². The van der Waals surface area contributed by atoms with Gasteiger partial charge in [0.15, 0.2) is 17.3 Å². The number of fused-ring (bicyclic) bond motifs is 4. The highest BCUT2D eigenvalue weighted by Crippen LogP contribution is 2.66. The van der Waals surface area contributed by atoms with Gasteiger partial charge in [-0.2, -0.15) is 0 Å². The SMILES string of the molecule is CCCC(=O)c1c(O)cc(O)c2c1OC1(C(C)C)OC3=C(C(=O)C(C)(C)C(=O)C3(C)C)C21. The van der Waals surface area contributed by atoms with Gasteiger partial charge >= 0.3 is 0 Å². The molecule has 0 aromatic heterocycles. The number of carbonyl (C=O) groups is 3. The predicted molar refractivity (Wildman–Crippen MR) is 116 cm³/mol. The molecule has 172 valence electrons. The largest absolute Gasteiger partial charge is 0.507 e. The number of benzene rings is 1. The third-order valence-electron chi connectivity index (χ3n) is 7.10. The van der Waals surface area contributed by atoms with Gasteiger partial charge in [0.1, 0.15) is 34.5 Å². The lowest BCUT2D eigenvalue weighted by atomic mass is 9.61. The van der Waals surface area contributed by atoms with E-state index >= 15 is 0 Å². The van der Waals surface area contributed by atoms with Crippen LogP contribution in [0.4, 0.5) is 0 Å². The van der Waals surface area contributed by atoms with E-state index < -0.39 is 22.5 Å². The second-order valence-corrected chi connectivity index (χ2v) is 10.4. The molecule has 1 aliphatic carbocycles. The first-order chi connectivity index (χ1) is 14.7. The van der Waals surface area contributed by atoms with Crippen molar-refractivity contribution in [2.24, 2.45) is 16.7 Å². The Morgan fingerprint density at radius 1 is 1.06 bits per heavy atom. The molecule has 2 aliphatic heterocycles. The number of phenols is 2. The molecule has 0 fully saturated rings. The van der Waals surface area contributed by atoms with Crippen LogP contribution in [0.2, 0.25) is 0 Å². The number of hydrogen-bond acceptors (Lipinski definition) is 7. The minimum atomic E-state index is -1.42. The van der Waals surface area contributed by atoms with Crippen molar-refractivity contribution >= 4 is 17.3 Å². The van der Waals surface area contributed by atoms with Crippen molar-refractivity contribution in [3.8, 4) is 17.2 Å². The summed E-state index contributed by atoms with van der Waals surface area (Å²) >= 11 is 0. The number of rotatable bonds is 4. The second-order valence-electron chi connectivity index (χ2n) is 10.4. The quantitative estimate of drug-likeness (QED) is 0.525. The summed E-state index contributed by atoms with van der Waals surface area (Å²) in [6, 6.07) is 1.12. The summed E-state index contributed by atoms with van der Waals surface area (Å²) in [5.41, 5.74) is -1.83. The number of phenolic OH excluding ortho intramolecular Hbond substituents is 2. The number of hydrogen-bond donors (Lipinski definition) is 2. The van der Waals surface area contributed by atoms with Gasteiger partial charge in [0.05, 0.1) is 22.0 Å². The Hall–Kier alpha value is -2.83. The Labute approximate surface area is 187 Å². The zero-order valence-electron chi connectivity index (χ0n) is 19.6. The molecule has 0 saturated heterocycles. The summed E-state index contributed by atoms with van der Waals surface area (Å²) in [5.74, 6) is -3.88. The number of allylic oxidation sites excluding steroid dienone is 1. The zero-order chi connectivity index (χ0) is 24.0. The lowest BCUT2D eigenvalue weighted by Gasteiger charge is -2.38. The molecule has 0 radical (unpaired) electrons. The molecule has 2 unspecified atom stereocenters. The van der Waals surface area contributed by atoms with Crippen molar-refractivity contribution < 1.29 is 34.1 Å². The van der Waals surface area contributed by atoms with Crippen LogP contribution >= 0.6 is 0 Å². The maximum absolute atomic E-state index is 13.6. The van der Waals surface area contributed by atoms with Crippen molar-refractivity contribution in [3.05, 3.63) is 28.5 Å². The fraction of sp³-hybridized carbons (Fsp3) is 0.560. The van der Waals surface area contributed by atoms with Gasteiger partial charge in [0.2, 0.25) is 0 Å². The maximum atomic E-state index is 13.6. The Morgan fingerprint density at radius 3 is 2.25 bits per heavy atom. The highest BCUT2D eigenvalue weighted by Gasteiger charge is 2.69. The first-order valence-corrected chi connectivity index (χ1v) is 11.1. The molecule has 4 rings (SSSR count). The lowest BCUT2D eigenvalue weighted by Crippen LogP contribution is -2.48. The molecule has 1 aromatic rings. The van der Waals surface area contributed by atoms with Gasteiger partial charge in [-0.3, -0.25) is 14.4 Å². The number of ketones is 3. The molecule has 2 atom stereocenters. The average molecular weight is 443 g/mol. The van der Waals surface area contributed by atoms with Crippen molar-refractivity contribution in [1.29, 1.82) is 0 Å². The van der Waals surface area contributed by atoms with E-state index in [-0.39, 0.29) is 63.8 Å². The summed E-state index contributed by atoms with van der Waals surface area (Å²) in [7, 11) is 0. The predicted octanol–water partition coefficient (Wildman–Crippen LogP) is 4.40. The maximum Gasteiger partial charge on any atom is 0.264 e. The monoisotopic (exact) mass is 442 g/mol. The normalized spacial score (nSPS) is 27.1. The van der Waals surface area contributed by atoms with Gasteiger partial charge in [-0.15, -0.1) is 0 Å². The van der Waals surface area contributed by atoms with Gasteiger partial charge < -0.3 is 19.7 Å². The Balaban J connectivity index is 2.05. The molecule has 32 heavy (non-hydrogen) atoms. The Kier molecular flexibility index (Phi) is 4.61. The van der Waals surface area contributed by atoms with Crippen LogP contribution in [0.15, 0.2) is 17.4 Å². The molecule has 0 saturated carbocycles. The molecule has 7 heteroatoms. The highest BCUT2D eigenvalue weighted by molar-refractivity contribution is 6.20. The zero-order valence-corrected chi connectivity index (χ0v) is 19.6. The van der Waals surface area contributed by atoms with Crippen molar-refractivity contribution in [2.45, 2.75) is 73.0 Å². The summed E-state index contributed by atoms with van der Waals surface area (Å²) in [5, 5.41) is 21.4. The molecule has 0 spiro atoms. The smallest absolute Gasteiger partial charge is 0.264 e. The highest BCUT2D eigenvalue weighted by atomic mass is 16.7. The lowest BCUT2D eigenvalue weighted by molar-refractivity contribution is -0.177. The van der Waals surface area contributed by atoms with E-state index in [1.807, 2.05) is 20.8 Å². The number of carbonyl (C=O) groups excluding carboxylic acids is 3. The van der Waals surface area contributed by atoms with Gasteiger partial charge in [-0.25, -0.2) is 0 Å². The van der Waals surface area contributed by atoms with Crippen LogP contribution in [0.1, 0.15) is 83.1 Å². The molecule has 3 aliphatic rings. The van der Waals surface area contributed by atoms with Crippen molar-refractivity contribution in [2.75, 3.05) is 0 Å². The number of Topliss-reactive ketones (excluding diaryl/α,β-unsaturated/α-hetero) is 3. The third kappa shape index (κ3) is 2.51. The fourth-order valence-corrected chi connectivity index (χ4v) is 5.44. The van der Waals surface area contributed by atoms with E-state index in [9.17, 15) is 24.6 Å². The molecule has 0 bridgehead atoms. The van der Waals surface area contributed by atoms with E-state index in [0.29, 0.717) is 12.0 Å². The topological polar surface area (TPSA) is 110 Å². The van der Waals surface area contributed by atoms with Gasteiger partial charge in [0.25, 0.3) is 5.79 Å². The molecule has 7 nitrogen and oxygen atoms in total. The molecule has 2 N–H and O–H groups in total. The number of aromatic hydroxyl groups is 2. The molecule has 1 aromatic carbocycles. The number of ether oxygens (including phenoxy) is 2. The van der Waals surface area contributed by atoms with Crippen LogP contribution in [-0.4, -0.2) is 33.3 Å².